The van der Waals surface area contributed by atoms with E-state index in [0.29, 0.717) is 31.7 Å². The highest BCUT2D eigenvalue weighted by Gasteiger charge is 2.21. The number of nitrogens with zero attached hydrogens (tertiary/aromatic N) is 1. The number of benzene rings is 2. The van der Waals surface area contributed by atoms with Crippen molar-refractivity contribution in [1.82, 2.24) is 5.32 Å². The van der Waals surface area contributed by atoms with E-state index in [4.69, 9.17) is 9.47 Å². The molecule has 3 rings (SSSR count). The second-order valence-corrected chi connectivity index (χ2v) is 6.82. The van der Waals surface area contributed by atoms with Gasteiger partial charge >= 0.3 is 5.97 Å². The van der Waals surface area contributed by atoms with Gasteiger partial charge in [-0.15, -0.1) is 0 Å². The Balaban J connectivity index is 1.32. The van der Waals surface area contributed by atoms with E-state index in [9.17, 15) is 18.8 Å². The molecule has 1 N–H and O–H groups in total. The van der Waals surface area contributed by atoms with Crippen LogP contribution in [0.5, 0.6) is 5.75 Å². The Labute approximate surface area is 173 Å². The number of hydrogen-bond acceptors (Lipinski definition) is 5. The summed E-state index contributed by atoms with van der Waals surface area (Å²) >= 11 is 0. The number of rotatable bonds is 9. The van der Waals surface area contributed by atoms with Crippen LogP contribution in [0.1, 0.15) is 18.4 Å². The summed E-state index contributed by atoms with van der Waals surface area (Å²) in [5, 5.41) is 2.63. The van der Waals surface area contributed by atoms with Gasteiger partial charge in [-0.05, 0) is 54.8 Å². The molecule has 30 heavy (non-hydrogen) atoms. The van der Waals surface area contributed by atoms with Crippen LogP contribution >= 0.6 is 0 Å². The highest BCUT2D eigenvalue weighted by Crippen LogP contribution is 2.23. The summed E-state index contributed by atoms with van der Waals surface area (Å²) in [6.45, 7) is 0.328. The summed E-state index contributed by atoms with van der Waals surface area (Å²) < 4.78 is 23.1. The van der Waals surface area contributed by atoms with Crippen LogP contribution in [0, 0.1) is 5.82 Å². The molecule has 0 bridgehead atoms. The number of ether oxygens (including phenoxy) is 2. The van der Waals surface area contributed by atoms with E-state index < -0.39 is 18.5 Å². The number of carbonyl (C=O) groups excluding carboxylic acids is 3. The van der Waals surface area contributed by atoms with Gasteiger partial charge in [-0.3, -0.25) is 9.59 Å². The molecule has 0 aromatic heterocycles. The van der Waals surface area contributed by atoms with E-state index in [-0.39, 0.29) is 18.3 Å². The summed E-state index contributed by atoms with van der Waals surface area (Å²) in [7, 11) is 0. The summed E-state index contributed by atoms with van der Waals surface area (Å²) in [6, 6.07) is 12.9. The van der Waals surface area contributed by atoms with Crippen LogP contribution in [0.25, 0.3) is 0 Å². The van der Waals surface area contributed by atoms with Crippen LogP contribution in [0.4, 0.5) is 10.1 Å². The van der Waals surface area contributed by atoms with Crippen LogP contribution in [0.3, 0.4) is 0 Å². The number of amides is 2. The minimum Gasteiger partial charge on any atom is -0.482 e. The van der Waals surface area contributed by atoms with Gasteiger partial charge in [0.1, 0.15) is 11.6 Å². The molecule has 2 aromatic carbocycles. The fourth-order valence-corrected chi connectivity index (χ4v) is 3.02. The first-order valence-electron chi connectivity index (χ1n) is 9.71. The van der Waals surface area contributed by atoms with Crippen LogP contribution < -0.4 is 15.0 Å². The zero-order valence-electron chi connectivity index (χ0n) is 16.4. The van der Waals surface area contributed by atoms with Crippen molar-refractivity contribution < 1.29 is 28.2 Å². The molecule has 1 fully saturated rings. The van der Waals surface area contributed by atoms with Gasteiger partial charge in [0.2, 0.25) is 5.91 Å². The summed E-state index contributed by atoms with van der Waals surface area (Å²) in [6.07, 6.45) is 1.95. The second-order valence-electron chi connectivity index (χ2n) is 6.82. The largest absolute Gasteiger partial charge is 0.482 e. The number of carbonyl (C=O) groups is 3. The van der Waals surface area contributed by atoms with Gasteiger partial charge < -0.3 is 19.7 Å². The lowest BCUT2D eigenvalue weighted by Gasteiger charge is -2.16. The molecule has 1 aliphatic rings. The van der Waals surface area contributed by atoms with Crippen molar-refractivity contribution in [3.8, 4) is 5.75 Å². The number of anilines is 1. The van der Waals surface area contributed by atoms with Crippen LogP contribution in [0.2, 0.25) is 0 Å². The third-order valence-electron chi connectivity index (χ3n) is 4.59. The average Bonchev–Trinajstić information content (AvgIpc) is 3.18. The molecule has 0 radical (unpaired) electrons. The van der Waals surface area contributed by atoms with Crippen molar-refractivity contribution in [3.05, 3.63) is 59.9 Å². The SMILES string of the molecule is O=C(COC(=O)COc1ccc(N2CCCC2=O)cc1)NCCc1ccc(F)cc1. The van der Waals surface area contributed by atoms with E-state index in [1.54, 1.807) is 41.3 Å². The fourth-order valence-electron chi connectivity index (χ4n) is 3.02. The number of hydrogen-bond donors (Lipinski definition) is 1. The molecule has 2 amide bonds. The lowest BCUT2D eigenvalue weighted by molar-refractivity contribution is -0.150. The van der Waals surface area contributed by atoms with E-state index >= 15 is 0 Å². The third kappa shape index (κ3) is 6.30. The minimum absolute atomic E-state index is 0.100. The van der Waals surface area contributed by atoms with Crippen molar-refractivity contribution >= 4 is 23.5 Å². The maximum absolute atomic E-state index is 12.8. The smallest absolute Gasteiger partial charge is 0.344 e. The molecule has 7 nitrogen and oxygen atoms in total. The Bertz CT molecular complexity index is 883. The Hall–Kier alpha value is -3.42. The quantitative estimate of drug-likeness (QED) is 0.636. The summed E-state index contributed by atoms with van der Waals surface area (Å²) in [4.78, 5) is 36.9. The monoisotopic (exact) mass is 414 g/mol. The molecule has 0 spiro atoms. The molecule has 1 saturated heterocycles. The fraction of sp³-hybridized carbons (Fsp3) is 0.318. The molecular weight excluding hydrogens is 391 g/mol. The molecule has 0 atom stereocenters. The first kappa shape index (κ1) is 21.3. The van der Waals surface area contributed by atoms with Crippen LogP contribution in [-0.4, -0.2) is 44.1 Å². The molecule has 1 aliphatic heterocycles. The topological polar surface area (TPSA) is 84.9 Å². The predicted octanol–water partition coefficient (Wildman–Crippen LogP) is 2.23. The van der Waals surface area contributed by atoms with E-state index in [2.05, 4.69) is 5.32 Å². The predicted molar refractivity (Wildman–Crippen MR) is 108 cm³/mol. The lowest BCUT2D eigenvalue weighted by Crippen LogP contribution is -2.31. The number of nitrogens with one attached hydrogen (secondary N) is 1. The molecule has 1 heterocycles. The Morgan fingerprint density at radius 2 is 1.77 bits per heavy atom. The Morgan fingerprint density at radius 1 is 1.03 bits per heavy atom. The lowest BCUT2D eigenvalue weighted by atomic mass is 10.1. The van der Waals surface area contributed by atoms with Gasteiger partial charge in [-0.1, -0.05) is 12.1 Å². The number of halogens is 1. The molecule has 158 valence electrons. The Morgan fingerprint density at radius 3 is 2.43 bits per heavy atom. The Kier molecular flexibility index (Phi) is 7.37. The van der Waals surface area contributed by atoms with Gasteiger partial charge in [0.25, 0.3) is 5.91 Å². The van der Waals surface area contributed by atoms with Gasteiger partial charge in [-0.25, -0.2) is 9.18 Å². The molecule has 0 aliphatic carbocycles. The molecule has 0 unspecified atom stereocenters. The standard InChI is InChI=1S/C22H23FN2O5/c23-17-5-3-16(4-6-17)11-12-24-20(26)14-30-22(28)15-29-19-9-7-18(8-10-19)25-13-1-2-21(25)27/h3-10H,1-2,11-15H2,(H,24,26). The first-order valence-corrected chi connectivity index (χ1v) is 9.71. The van der Waals surface area contributed by atoms with E-state index in [0.717, 1.165) is 17.7 Å². The van der Waals surface area contributed by atoms with Crippen molar-refractivity contribution in [3.63, 3.8) is 0 Å². The van der Waals surface area contributed by atoms with Gasteiger partial charge in [0.15, 0.2) is 13.2 Å². The van der Waals surface area contributed by atoms with Crippen molar-refractivity contribution in [2.24, 2.45) is 0 Å². The maximum Gasteiger partial charge on any atom is 0.344 e. The maximum atomic E-state index is 12.8. The normalized spacial score (nSPS) is 13.2. The minimum atomic E-state index is -0.664. The summed E-state index contributed by atoms with van der Waals surface area (Å²) in [5.41, 5.74) is 1.69. The molecule has 8 heteroatoms. The molecule has 2 aromatic rings. The summed E-state index contributed by atoms with van der Waals surface area (Å²) in [5.74, 6) is -0.837. The van der Waals surface area contributed by atoms with Gasteiger partial charge in [-0.2, -0.15) is 0 Å². The van der Waals surface area contributed by atoms with Gasteiger partial charge in [0.05, 0.1) is 0 Å². The van der Waals surface area contributed by atoms with Crippen LogP contribution in [0.15, 0.2) is 48.5 Å². The van der Waals surface area contributed by atoms with E-state index in [1.807, 2.05) is 0 Å². The number of esters is 1. The highest BCUT2D eigenvalue weighted by molar-refractivity contribution is 5.95. The average molecular weight is 414 g/mol. The van der Waals surface area contributed by atoms with Crippen LogP contribution in [-0.2, 0) is 25.5 Å². The first-order chi connectivity index (χ1) is 14.5. The van der Waals surface area contributed by atoms with Crippen molar-refractivity contribution in [1.29, 1.82) is 0 Å². The zero-order chi connectivity index (χ0) is 21.3. The molecule has 0 saturated carbocycles. The van der Waals surface area contributed by atoms with Crippen molar-refractivity contribution in [2.75, 3.05) is 31.2 Å². The third-order valence-corrected chi connectivity index (χ3v) is 4.59. The van der Waals surface area contributed by atoms with E-state index in [1.165, 1.54) is 12.1 Å². The zero-order valence-corrected chi connectivity index (χ0v) is 16.4. The van der Waals surface area contributed by atoms with Gasteiger partial charge in [0, 0.05) is 25.2 Å². The molecular formula is C22H23FN2O5. The second kappa shape index (κ2) is 10.4. The van der Waals surface area contributed by atoms with Crippen molar-refractivity contribution in [2.45, 2.75) is 19.3 Å². The highest BCUT2D eigenvalue weighted by atomic mass is 19.1.